The Bertz CT molecular complexity index is 405. The number of ether oxygens (including phenoxy) is 1. The van der Waals surface area contributed by atoms with Crippen LogP contribution in [0.4, 0.5) is 0 Å². The van der Waals surface area contributed by atoms with E-state index in [4.69, 9.17) is 4.74 Å². The van der Waals surface area contributed by atoms with E-state index in [1.807, 2.05) is 0 Å². The first-order chi connectivity index (χ1) is 6.57. The van der Waals surface area contributed by atoms with Crippen LogP contribution in [0.1, 0.15) is 0 Å². The number of rotatable bonds is 4. The molecule has 0 aromatic heterocycles. The molecule has 76 valence electrons. The lowest BCUT2D eigenvalue weighted by Gasteiger charge is -2.03. The highest BCUT2D eigenvalue weighted by Crippen LogP contribution is 2.18. The number of methoxy groups -OCH3 is 1. The summed E-state index contributed by atoms with van der Waals surface area (Å²) in [4.78, 5) is 0. The van der Waals surface area contributed by atoms with Gasteiger partial charge in [0.2, 0.25) is 0 Å². The van der Waals surface area contributed by atoms with Gasteiger partial charge in [-0.25, -0.2) is 0 Å². The van der Waals surface area contributed by atoms with Gasteiger partial charge in [0.05, 0.1) is 12.5 Å². The summed E-state index contributed by atoms with van der Waals surface area (Å²) < 4.78 is 31.5. The van der Waals surface area contributed by atoms with Crippen molar-refractivity contribution in [3.63, 3.8) is 0 Å². The quantitative estimate of drug-likeness (QED) is 0.713. The number of benzene rings is 1. The van der Waals surface area contributed by atoms with Crippen molar-refractivity contribution < 1.29 is 17.3 Å². The first-order valence-corrected chi connectivity index (χ1v) is 5.25. The van der Waals surface area contributed by atoms with E-state index in [1.54, 1.807) is 12.1 Å². The fraction of sp³-hybridized carbons (Fsp3) is 0.111. The van der Waals surface area contributed by atoms with Crippen molar-refractivity contribution in [3.05, 3.63) is 36.3 Å². The zero-order valence-corrected chi connectivity index (χ0v) is 8.45. The summed E-state index contributed by atoms with van der Waals surface area (Å²) in [6, 6.07) is 6.21. The van der Waals surface area contributed by atoms with E-state index in [0.29, 0.717) is 5.75 Å². The van der Waals surface area contributed by atoms with E-state index in [2.05, 4.69) is 10.8 Å². The van der Waals surface area contributed by atoms with Crippen molar-refractivity contribution in [3.8, 4) is 11.5 Å². The van der Waals surface area contributed by atoms with Crippen LogP contribution in [0.5, 0.6) is 11.5 Å². The van der Waals surface area contributed by atoms with Gasteiger partial charge in [0.15, 0.2) is 0 Å². The predicted octanol–water partition coefficient (Wildman–Crippen LogP) is 1.55. The fourth-order valence-electron chi connectivity index (χ4n) is 0.799. The van der Waals surface area contributed by atoms with E-state index >= 15 is 0 Å². The maximum Gasteiger partial charge on any atom is 0.331 e. The molecule has 0 aliphatic heterocycles. The number of hydrogen-bond acceptors (Lipinski definition) is 4. The van der Waals surface area contributed by atoms with Crippen molar-refractivity contribution in [2.45, 2.75) is 0 Å². The minimum Gasteiger partial charge on any atom is -0.497 e. The smallest absolute Gasteiger partial charge is 0.331 e. The van der Waals surface area contributed by atoms with Crippen LogP contribution in [0.15, 0.2) is 36.3 Å². The minimum absolute atomic E-state index is 0.228. The van der Waals surface area contributed by atoms with Gasteiger partial charge >= 0.3 is 10.1 Å². The van der Waals surface area contributed by atoms with Crippen molar-refractivity contribution in [1.82, 2.24) is 0 Å². The van der Waals surface area contributed by atoms with Gasteiger partial charge in [0, 0.05) is 0 Å². The highest BCUT2D eigenvalue weighted by Gasteiger charge is 2.06. The van der Waals surface area contributed by atoms with Crippen molar-refractivity contribution in [2.24, 2.45) is 0 Å². The third-order valence-corrected chi connectivity index (χ3v) is 2.31. The Labute approximate surface area is 82.9 Å². The lowest BCUT2D eigenvalue weighted by Crippen LogP contribution is -2.04. The van der Waals surface area contributed by atoms with Crippen molar-refractivity contribution >= 4 is 10.1 Å². The molecule has 4 nitrogen and oxygen atoms in total. The van der Waals surface area contributed by atoms with E-state index < -0.39 is 10.1 Å². The second-order valence-electron chi connectivity index (χ2n) is 2.42. The lowest BCUT2D eigenvalue weighted by atomic mass is 10.3. The Morgan fingerprint density at radius 3 is 2.14 bits per heavy atom. The van der Waals surface area contributed by atoms with Crippen LogP contribution in [0.25, 0.3) is 0 Å². The first-order valence-electron chi connectivity index (χ1n) is 3.78. The molecule has 0 radical (unpaired) electrons. The Morgan fingerprint density at radius 2 is 1.71 bits per heavy atom. The van der Waals surface area contributed by atoms with Gasteiger partial charge in [-0.3, -0.25) is 0 Å². The van der Waals surface area contributed by atoms with Crippen LogP contribution in [-0.4, -0.2) is 15.5 Å². The topological polar surface area (TPSA) is 52.6 Å². The molecule has 0 fully saturated rings. The minimum atomic E-state index is -3.67. The van der Waals surface area contributed by atoms with Crippen LogP contribution in [0.2, 0.25) is 0 Å². The van der Waals surface area contributed by atoms with E-state index in [1.165, 1.54) is 19.2 Å². The van der Waals surface area contributed by atoms with Gasteiger partial charge in [0.1, 0.15) is 11.5 Å². The molecule has 0 aliphatic carbocycles. The SMILES string of the molecule is C=CS(=O)(=O)Oc1ccc(OC)cc1. The predicted molar refractivity (Wildman–Crippen MR) is 52.7 cm³/mol. The van der Waals surface area contributed by atoms with Gasteiger partial charge in [0.25, 0.3) is 0 Å². The molecule has 0 saturated carbocycles. The normalized spacial score (nSPS) is 10.6. The zero-order valence-electron chi connectivity index (χ0n) is 7.64. The third kappa shape index (κ3) is 2.77. The molecule has 0 heterocycles. The van der Waals surface area contributed by atoms with Crippen LogP contribution in [0, 0.1) is 0 Å². The second-order valence-corrected chi connectivity index (χ2v) is 3.90. The molecule has 14 heavy (non-hydrogen) atoms. The van der Waals surface area contributed by atoms with Crippen LogP contribution in [0.3, 0.4) is 0 Å². The molecule has 0 spiro atoms. The maximum absolute atomic E-state index is 11.0. The molecule has 0 bridgehead atoms. The van der Waals surface area contributed by atoms with Gasteiger partial charge in [-0.1, -0.05) is 6.58 Å². The zero-order chi connectivity index (χ0) is 10.6. The maximum atomic E-state index is 11.0. The first kappa shape index (κ1) is 10.6. The van der Waals surface area contributed by atoms with E-state index in [-0.39, 0.29) is 5.75 Å². The van der Waals surface area contributed by atoms with Crippen molar-refractivity contribution in [1.29, 1.82) is 0 Å². The Hall–Kier alpha value is -1.49. The molecule has 0 atom stereocenters. The number of hydrogen-bond donors (Lipinski definition) is 0. The van der Waals surface area contributed by atoms with E-state index in [9.17, 15) is 8.42 Å². The van der Waals surface area contributed by atoms with Gasteiger partial charge in [-0.2, -0.15) is 8.42 Å². The molecule has 0 amide bonds. The third-order valence-electron chi connectivity index (χ3n) is 1.48. The largest absolute Gasteiger partial charge is 0.497 e. The molecule has 0 unspecified atom stereocenters. The lowest BCUT2D eigenvalue weighted by molar-refractivity contribution is 0.414. The summed E-state index contributed by atoms with van der Waals surface area (Å²) in [6.45, 7) is 3.12. The Balaban J connectivity index is 2.84. The molecule has 1 aromatic carbocycles. The van der Waals surface area contributed by atoms with Crippen LogP contribution >= 0.6 is 0 Å². The van der Waals surface area contributed by atoms with Crippen LogP contribution < -0.4 is 8.92 Å². The molecular weight excluding hydrogens is 204 g/mol. The Kier molecular flexibility index (Phi) is 3.14. The van der Waals surface area contributed by atoms with E-state index in [0.717, 1.165) is 5.41 Å². The summed E-state index contributed by atoms with van der Waals surface area (Å²) in [5.74, 6) is 0.860. The summed E-state index contributed by atoms with van der Waals surface area (Å²) in [7, 11) is -2.14. The van der Waals surface area contributed by atoms with Gasteiger partial charge < -0.3 is 8.92 Å². The molecule has 0 saturated heterocycles. The summed E-state index contributed by atoms with van der Waals surface area (Å²) in [6.07, 6.45) is 0. The highest BCUT2D eigenvalue weighted by atomic mass is 32.2. The summed E-state index contributed by atoms with van der Waals surface area (Å²) in [5.41, 5.74) is 0. The average Bonchev–Trinajstić information content (AvgIpc) is 2.19. The second kappa shape index (κ2) is 4.15. The summed E-state index contributed by atoms with van der Waals surface area (Å²) >= 11 is 0. The van der Waals surface area contributed by atoms with Gasteiger partial charge in [-0.05, 0) is 24.3 Å². The molecule has 1 aromatic rings. The monoisotopic (exact) mass is 214 g/mol. The molecule has 1 rings (SSSR count). The molecular formula is C9H10O4S. The van der Waals surface area contributed by atoms with Crippen LogP contribution in [-0.2, 0) is 10.1 Å². The fourth-order valence-corrected chi connectivity index (χ4v) is 1.25. The van der Waals surface area contributed by atoms with Crippen molar-refractivity contribution in [2.75, 3.05) is 7.11 Å². The standard InChI is InChI=1S/C9H10O4S/c1-3-14(10,11)13-9-6-4-8(12-2)5-7-9/h3-7H,1H2,2H3. The molecule has 0 N–H and O–H groups in total. The summed E-state index contributed by atoms with van der Waals surface area (Å²) in [5, 5.41) is 0.747. The highest BCUT2D eigenvalue weighted by molar-refractivity contribution is 7.90. The molecule has 0 aliphatic rings. The van der Waals surface area contributed by atoms with Gasteiger partial charge in [-0.15, -0.1) is 0 Å². The molecule has 5 heteroatoms. The average molecular weight is 214 g/mol. The Morgan fingerprint density at radius 1 is 1.21 bits per heavy atom.